The molecule has 0 N–H and O–H groups in total. The number of hydrogen-bond donors (Lipinski definition) is 0. The van der Waals surface area contributed by atoms with Crippen molar-refractivity contribution in [3.63, 3.8) is 0 Å². The van der Waals surface area contributed by atoms with Crippen LogP contribution >= 0.6 is 11.6 Å². The Balaban J connectivity index is 3.24. The van der Waals surface area contributed by atoms with Crippen molar-refractivity contribution in [2.45, 2.75) is 116 Å². The molecule has 1 unspecified atom stereocenters. The van der Waals surface area contributed by atoms with Gasteiger partial charge in [-0.05, 0) is 12.8 Å². The lowest BCUT2D eigenvalue weighted by molar-refractivity contribution is -0.143. The van der Waals surface area contributed by atoms with Gasteiger partial charge < -0.3 is 4.74 Å². The molecule has 3 heteroatoms. The van der Waals surface area contributed by atoms with Crippen molar-refractivity contribution in [3.8, 4) is 0 Å². The SMILES string of the molecule is CCCCCCCCCCCCCCC(Cl)C(=O)OCCCC. The van der Waals surface area contributed by atoms with Crippen LogP contribution in [0.25, 0.3) is 0 Å². The topological polar surface area (TPSA) is 26.3 Å². The summed E-state index contributed by atoms with van der Waals surface area (Å²) in [4.78, 5) is 11.6. The van der Waals surface area contributed by atoms with Crippen LogP contribution in [0.3, 0.4) is 0 Å². The predicted octanol–water partition coefficient (Wildman–Crippen LogP) is 7.03. The summed E-state index contributed by atoms with van der Waals surface area (Å²) in [6, 6.07) is 0. The van der Waals surface area contributed by atoms with Crippen molar-refractivity contribution in [3.05, 3.63) is 0 Å². The maximum absolute atomic E-state index is 11.6. The van der Waals surface area contributed by atoms with Crippen molar-refractivity contribution >= 4 is 17.6 Å². The van der Waals surface area contributed by atoms with E-state index in [1.54, 1.807) is 0 Å². The van der Waals surface area contributed by atoms with Gasteiger partial charge in [-0.3, -0.25) is 4.79 Å². The van der Waals surface area contributed by atoms with Gasteiger partial charge in [0.15, 0.2) is 0 Å². The number of halogens is 1. The molecule has 0 heterocycles. The fourth-order valence-electron chi connectivity index (χ4n) is 2.69. The third-order valence-corrected chi connectivity index (χ3v) is 4.71. The molecule has 0 radical (unpaired) electrons. The van der Waals surface area contributed by atoms with Crippen molar-refractivity contribution in [1.82, 2.24) is 0 Å². The lowest BCUT2D eigenvalue weighted by atomic mass is 10.0. The van der Waals surface area contributed by atoms with Crippen LogP contribution in [-0.4, -0.2) is 18.0 Å². The molecular weight excluding hydrogens is 308 g/mol. The average molecular weight is 347 g/mol. The molecule has 23 heavy (non-hydrogen) atoms. The van der Waals surface area contributed by atoms with Gasteiger partial charge in [-0.2, -0.15) is 0 Å². The Morgan fingerprint density at radius 3 is 1.65 bits per heavy atom. The number of carbonyl (C=O) groups excluding carboxylic acids is 1. The third kappa shape index (κ3) is 16.4. The summed E-state index contributed by atoms with van der Waals surface area (Å²) in [5.41, 5.74) is 0. The van der Waals surface area contributed by atoms with Crippen LogP contribution in [0, 0.1) is 0 Å². The summed E-state index contributed by atoms with van der Waals surface area (Å²) in [5, 5.41) is -0.449. The molecule has 0 saturated heterocycles. The van der Waals surface area contributed by atoms with Gasteiger partial charge in [-0.1, -0.05) is 97.3 Å². The summed E-state index contributed by atoms with van der Waals surface area (Å²) >= 11 is 6.07. The monoisotopic (exact) mass is 346 g/mol. The van der Waals surface area contributed by atoms with E-state index in [0.717, 1.165) is 25.7 Å². The zero-order valence-electron chi connectivity index (χ0n) is 15.6. The second kappa shape index (κ2) is 18.1. The van der Waals surface area contributed by atoms with Crippen molar-refractivity contribution in [2.75, 3.05) is 6.61 Å². The molecule has 0 saturated carbocycles. The largest absolute Gasteiger partial charge is 0.465 e. The highest BCUT2D eigenvalue weighted by Gasteiger charge is 2.15. The summed E-state index contributed by atoms with van der Waals surface area (Å²) in [7, 11) is 0. The molecule has 0 bridgehead atoms. The smallest absolute Gasteiger partial charge is 0.324 e. The average Bonchev–Trinajstić information content (AvgIpc) is 2.55. The van der Waals surface area contributed by atoms with Gasteiger partial charge in [0, 0.05) is 0 Å². The molecule has 0 spiro atoms. The molecular formula is C20H39ClO2. The van der Waals surface area contributed by atoms with Crippen LogP contribution < -0.4 is 0 Å². The van der Waals surface area contributed by atoms with Crippen molar-refractivity contribution in [1.29, 1.82) is 0 Å². The van der Waals surface area contributed by atoms with E-state index >= 15 is 0 Å². The summed E-state index contributed by atoms with van der Waals surface area (Å²) in [6.45, 7) is 4.86. The Hall–Kier alpha value is -0.240. The van der Waals surface area contributed by atoms with E-state index in [2.05, 4.69) is 13.8 Å². The standard InChI is InChI=1S/C20H39ClO2/c1-3-5-7-8-9-10-11-12-13-14-15-16-17-19(21)20(22)23-18-6-4-2/h19H,3-18H2,1-2H3. The highest BCUT2D eigenvalue weighted by molar-refractivity contribution is 6.29. The first kappa shape index (κ1) is 22.8. The minimum atomic E-state index is -0.449. The Morgan fingerprint density at radius 1 is 0.739 bits per heavy atom. The molecule has 1 atom stereocenters. The highest BCUT2D eigenvalue weighted by Crippen LogP contribution is 2.15. The molecule has 0 aromatic carbocycles. The number of unbranched alkanes of at least 4 members (excludes halogenated alkanes) is 12. The highest BCUT2D eigenvalue weighted by atomic mass is 35.5. The molecule has 0 rings (SSSR count). The lowest BCUT2D eigenvalue weighted by Crippen LogP contribution is -2.18. The number of ether oxygens (including phenoxy) is 1. The number of esters is 1. The van der Waals surface area contributed by atoms with E-state index in [1.165, 1.54) is 70.6 Å². The maximum atomic E-state index is 11.6. The quantitative estimate of drug-likeness (QED) is 0.160. The van der Waals surface area contributed by atoms with Crippen LogP contribution in [-0.2, 0) is 9.53 Å². The zero-order chi connectivity index (χ0) is 17.2. The Labute approximate surface area is 149 Å². The van der Waals surface area contributed by atoms with Crippen LogP contribution in [0.15, 0.2) is 0 Å². The minimum absolute atomic E-state index is 0.233. The fraction of sp³-hybridized carbons (Fsp3) is 0.950. The van der Waals surface area contributed by atoms with Gasteiger partial charge in [-0.15, -0.1) is 11.6 Å². The number of alkyl halides is 1. The molecule has 0 aliphatic heterocycles. The minimum Gasteiger partial charge on any atom is -0.465 e. The van der Waals surface area contributed by atoms with E-state index in [9.17, 15) is 4.79 Å². The first-order valence-corrected chi connectivity index (χ1v) is 10.5. The molecule has 0 aromatic rings. The van der Waals surface area contributed by atoms with E-state index in [1.807, 2.05) is 0 Å². The van der Waals surface area contributed by atoms with Gasteiger partial charge in [0.05, 0.1) is 6.61 Å². The Bertz CT molecular complexity index is 256. The fourth-order valence-corrected chi connectivity index (χ4v) is 2.91. The van der Waals surface area contributed by atoms with Crippen molar-refractivity contribution < 1.29 is 9.53 Å². The second-order valence-corrected chi connectivity index (χ2v) is 7.19. The van der Waals surface area contributed by atoms with E-state index in [4.69, 9.17) is 16.3 Å². The predicted molar refractivity (Wildman–Crippen MR) is 101 cm³/mol. The van der Waals surface area contributed by atoms with E-state index in [-0.39, 0.29) is 5.97 Å². The van der Waals surface area contributed by atoms with Gasteiger partial charge in [0.25, 0.3) is 0 Å². The van der Waals surface area contributed by atoms with E-state index < -0.39 is 5.38 Å². The molecule has 138 valence electrons. The molecule has 0 aromatic heterocycles. The molecule has 0 fully saturated rings. The first-order valence-electron chi connectivity index (χ1n) is 10.0. The van der Waals surface area contributed by atoms with Crippen LogP contribution in [0.5, 0.6) is 0 Å². The molecule has 0 amide bonds. The van der Waals surface area contributed by atoms with Crippen LogP contribution in [0.1, 0.15) is 110 Å². The maximum Gasteiger partial charge on any atom is 0.324 e. The van der Waals surface area contributed by atoms with Crippen molar-refractivity contribution in [2.24, 2.45) is 0 Å². The first-order chi connectivity index (χ1) is 11.2. The van der Waals surface area contributed by atoms with Gasteiger partial charge in [0.2, 0.25) is 0 Å². The summed E-state index contributed by atoms with van der Waals surface area (Å²) < 4.78 is 5.13. The third-order valence-electron chi connectivity index (χ3n) is 4.31. The van der Waals surface area contributed by atoms with Gasteiger partial charge in [0.1, 0.15) is 5.38 Å². The normalized spacial score (nSPS) is 12.3. The summed E-state index contributed by atoms with van der Waals surface area (Å²) in [6.07, 6.45) is 18.6. The Morgan fingerprint density at radius 2 is 1.17 bits per heavy atom. The Kier molecular flexibility index (Phi) is 17.9. The number of carbonyl (C=O) groups is 1. The second-order valence-electron chi connectivity index (χ2n) is 6.67. The van der Waals surface area contributed by atoms with Crippen LogP contribution in [0.4, 0.5) is 0 Å². The number of rotatable bonds is 17. The molecule has 2 nitrogen and oxygen atoms in total. The van der Waals surface area contributed by atoms with Gasteiger partial charge in [-0.25, -0.2) is 0 Å². The van der Waals surface area contributed by atoms with Gasteiger partial charge >= 0.3 is 5.97 Å². The van der Waals surface area contributed by atoms with Crippen LogP contribution in [0.2, 0.25) is 0 Å². The van der Waals surface area contributed by atoms with E-state index in [0.29, 0.717) is 6.61 Å². The number of hydrogen-bond acceptors (Lipinski definition) is 2. The molecule has 0 aliphatic rings. The summed E-state index contributed by atoms with van der Waals surface area (Å²) in [5.74, 6) is -0.233. The molecule has 0 aliphatic carbocycles. The zero-order valence-corrected chi connectivity index (χ0v) is 16.3. The lowest BCUT2D eigenvalue weighted by Gasteiger charge is -2.09.